The summed E-state index contributed by atoms with van der Waals surface area (Å²) in [6, 6.07) is 16.8. The molecule has 2 aromatic rings. The molecule has 0 bridgehead atoms. The Morgan fingerprint density at radius 1 is 1.04 bits per heavy atom. The Morgan fingerprint density at radius 2 is 1.72 bits per heavy atom. The van der Waals surface area contributed by atoms with Crippen molar-refractivity contribution in [1.82, 2.24) is 5.32 Å². The van der Waals surface area contributed by atoms with Gasteiger partial charge < -0.3 is 15.8 Å². The molecule has 0 aromatic heterocycles. The predicted molar refractivity (Wildman–Crippen MR) is 102 cm³/mol. The Morgan fingerprint density at radius 3 is 2.36 bits per heavy atom. The maximum absolute atomic E-state index is 12.4. The van der Waals surface area contributed by atoms with E-state index in [2.05, 4.69) is 5.32 Å². The van der Waals surface area contributed by atoms with E-state index in [1.54, 1.807) is 31.4 Å². The molecule has 25 heavy (non-hydrogen) atoms. The van der Waals surface area contributed by atoms with Gasteiger partial charge >= 0.3 is 0 Å². The van der Waals surface area contributed by atoms with E-state index in [4.69, 9.17) is 10.5 Å². The fourth-order valence-electron chi connectivity index (χ4n) is 2.34. The zero-order chi connectivity index (χ0) is 18.2. The number of carbonyl (C=O) groups excluding carboxylic acids is 1. The lowest BCUT2D eigenvalue weighted by atomic mass is 10.1. The van der Waals surface area contributed by atoms with Gasteiger partial charge in [0.15, 0.2) is 5.78 Å². The number of rotatable bonds is 7. The number of benzene rings is 2. The minimum atomic E-state index is -0.0709. The van der Waals surface area contributed by atoms with Gasteiger partial charge in [0.05, 0.1) is 7.11 Å². The number of carbonyl (C=O) groups is 1. The van der Waals surface area contributed by atoms with Crippen LogP contribution < -0.4 is 15.8 Å². The highest BCUT2D eigenvalue weighted by Crippen LogP contribution is 2.18. The molecule has 0 aliphatic carbocycles. The number of ether oxygens (including phenoxy) is 1. The summed E-state index contributed by atoms with van der Waals surface area (Å²) in [5, 5.41) is 3.26. The van der Waals surface area contributed by atoms with Crippen molar-refractivity contribution in [2.24, 2.45) is 5.73 Å². The standard InChI is InChI=1S/C21H24N2O2/c1-15(2)23-18(14-21(24)16-8-5-4-6-9-16)13-20(22)17-10-7-11-19(12-17)25-3/h4-15,23H,22H2,1-3H3/b18-14+,20-13-. The third kappa shape index (κ3) is 5.53. The first-order chi connectivity index (χ1) is 12.0. The van der Waals surface area contributed by atoms with Gasteiger partial charge in [-0.15, -0.1) is 0 Å². The average molecular weight is 336 g/mol. The third-order valence-corrected chi connectivity index (χ3v) is 3.51. The van der Waals surface area contributed by atoms with Crippen LogP contribution in [-0.4, -0.2) is 18.9 Å². The molecule has 0 saturated carbocycles. The molecule has 2 rings (SSSR count). The van der Waals surface area contributed by atoms with Crippen LogP contribution in [0.25, 0.3) is 5.70 Å². The first-order valence-corrected chi connectivity index (χ1v) is 8.19. The molecule has 2 aromatic carbocycles. The maximum atomic E-state index is 12.4. The first-order valence-electron chi connectivity index (χ1n) is 8.19. The Balaban J connectivity index is 2.33. The molecular formula is C21H24N2O2. The van der Waals surface area contributed by atoms with E-state index in [0.29, 0.717) is 17.0 Å². The summed E-state index contributed by atoms with van der Waals surface area (Å²) in [6.07, 6.45) is 3.35. The molecule has 0 fully saturated rings. The summed E-state index contributed by atoms with van der Waals surface area (Å²) in [5.74, 6) is 0.662. The van der Waals surface area contributed by atoms with Gasteiger partial charge in [-0.1, -0.05) is 42.5 Å². The molecule has 0 radical (unpaired) electrons. The second kappa shape index (κ2) is 8.73. The van der Waals surface area contributed by atoms with Crippen molar-refractivity contribution in [3.8, 4) is 5.75 Å². The fraction of sp³-hybridized carbons (Fsp3) is 0.190. The van der Waals surface area contributed by atoms with Crippen LogP contribution in [0.3, 0.4) is 0 Å². The van der Waals surface area contributed by atoms with Gasteiger partial charge in [-0.3, -0.25) is 4.79 Å². The van der Waals surface area contributed by atoms with Crippen molar-refractivity contribution in [2.75, 3.05) is 7.11 Å². The van der Waals surface area contributed by atoms with Gasteiger partial charge in [-0.25, -0.2) is 0 Å². The molecule has 0 amide bonds. The van der Waals surface area contributed by atoms with Crippen LogP contribution in [0.1, 0.15) is 29.8 Å². The fourth-order valence-corrected chi connectivity index (χ4v) is 2.34. The smallest absolute Gasteiger partial charge is 0.187 e. The molecule has 130 valence electrons. The number of methoxy groups -OCH3 is 1. The number of nitrogens with one attached hydrogen (secondary N) is 1. The highest BCUT2D eigenvalue weighted by Gasteiger charge is 2.06. The van der Waals surface area contributed by atoms with E-state index < -0.39 is 0 Å². The Hall–Kier alpha value is -3.01. The van der Waals surface area contributed by atoms with Crippen molar-refractivity contribution >= 4 is 11.5 Å². The van der Waals surface area contributed by atoms with Gasteiger partial charge in [0.25, 0.3) is 0 Å². The summed E-state index contributed by atoms with van der Waals surface area (Å²) in [5.41, 5.74) is 8.92. The van der Waals surface area contributed by atoms with Gasteiger partial charge in [0.2, 0.25) is 0 Å². The van der Waals surface area contributed by atoms with Crippen LogP contribution in [0.15, 0.2) is 72.4 Å². The van der Waals surface area contributed by atoms with Crippen LogP contribution in [0.4, 0.5) is 0 Å². The highest BCUT2D eigenvalue weighted by atomic mass is 16.5. The number of hydrogen-bond acceptors (Lipinski definition) is 4. The van der Waals surface area contributed by atoms with Crippen molar-refractivity contribution in [3.63, 3.8) is 0 Å². The van der Waals surface area contributed by atoms with E-state index in [-0.39, 0.29) is 11.8 Å². The average Bonchev–Trinajstić information content (AvgIpc) is 2.61. The first kappa shape index (κ1) is 18.3. The minimum absolute atomic E-state index is 0.0709. The molecule has 0 atom stereocenters. The van der Waals surface area contributed by atoms with E-state index in [0.717, 1.165) is 11.3 Å². The van der Waals surface area contributed by atoms with Crippen LogP contribution in [0, 0.1) is 0 Å². The lowest BCUT2D eigenvalue weighted by molar-refractivity contribution is 0.104. The molecule has 4 nitrogen and oxygen atoms in total. The van der Waals surface area contributed by atoms with E-state index in [9.17, 15) is 4.79 Å². The highest BCUT2D eigenvalue weighted by molar-refractivity contribution is 6.05. The third-order valence-electron chi connectivity index (χ3n) is 3.51. The van der Waals surface area contributed by atoms with E-state index in [1.807, 2.05) is 56.3 Å². The zero-order valence-corrected chi connectivity index (χ0v) is 14.8. The molecule has 0 unspecified atom stereocenters. The Bertz CT molecular complexity index is 777. The van der Waals surface area contributed by atoms with Crippen LogP contribution in [0.5, 0.6) is 5.75 Å². The molecule has 3 N–H and O–H groups in total. The summed E-state index contributed by atoms with van der Waals surface area (Å²) in [6.45, 7) is 4.02. The van der Waals surface area contributed by atoms with Crippen molar-refractivity contribution in [1.29, 1.82) is 0 Å². The predicted octanol–water partition coefficient (Wildman–Crippen LogP) is 3.76. The van der Waals surface area contributed by atoms with Crippen LogP contribution >= 0.6 is 0 Å². The van der Waals surface area contributed by atoms with Crippen LogP contribution in [-0.2, 0) is 0 Å². The normalized spacial score (nSPS) is 12.2. The quantitative estimate of drug-likeness (QED) is 0.459. The van der Waals surface area contributed by atoms with Crippen molar-refractivity contribution in [3.05, 3.63) is 83.6 Å². The second-order valence-electron chi connectivity index (χ2n) is 5.96. The minimum Gasteiger partial charge on any atom is -0.497 e. The number of nitrogens with two attached hydrogens (primary N) is 1. The number of hydrogen-bond donors (Lipinski definition) is 2. The zero-order valence-electron chi connectivity index (χ0n) is 14.8. The van der Waals surface area contributed by atoms with Gasteiger partial charge in [-0.2, -0.15) is 0 Å². The Kier molecular flexibility index (Phi) is 6.40. The number of ketones is 1. The van der Waals surface area contributed by atoms with Crippen molar-refractivity contribution < 1.29 is 9.53 Å². The van der Waals surface area contributed by atoms with E-state index >= 15 is 0 Å². The maximum Gasteiger partial charge on any atom is 0.187 e. The monoisotopic (exact) mass is 336 g/mol. The lowest BCUT2D eigenvalue weighted by Gasteiger charge is -2.13. The lowest BCUT2D eigenvalue weighted by Crippen LogP contribution is -2.22. The molecule has 4 heteroatoms. The molecule has 0 aliphatic rings. The largest absolute Gasteiger partial charge is 0.497 e. The molecule has 0 saturated heterocycles. The van der Waals surface area contributed by atoms with Gasteiger partial charge in [0.1, 0.15) is 5.75 Å². The molecule has 0 aliphatic heterocycles. The SMILES string of the molecule is COc1cccc(/C(N)=C/C(=C\C(=O)c2ccccc2)NC(C)C)c1. The summed E-state index contributed by atoms with van der Waals surface area (Å²) >= 11 is 0. The van der Waals surface area contributed by atoms with Gasteiger partial charge in [-0.05, 0) is 32.1 Å². The molecule has 0 spiro atoms. The van der Waals surface area contributed by atoms with Gasteiger partial charge in [0, 0.05) is 34.6 Å². The van der Waals surface area contributed by atoms with E-state index in [1.165, 1.54) is 0 Å². The molecular weight excluding hydrogens is 312 g/mol. The topological polar surface area (TPSA) is 64.3 Å². The second-order valence-corrected chi connectivity index (χ2v) is 5.96. The number of allylic oxidation sites excluding steroid dienone is 2. The van der Waals surface area contributed by atoms with Crippen LogP contribution in [0.2, 0.25) is 0 Å². The summed E-state index contributed by atoms with van der Waals surface area (Å²) < 4.78 is 5.23. The summed E-state index contributed by atoms with van der Waals surface area (Å²) in [4.78, 5) is 12.4. The summed E-state index contributed by atoms with van der Waals surface area (Å²) in [7, 11) is 1.61. The Labute approximate surface area is 149 Å². The molecule has 0 heterocycles. The van der Waals surface area contributed by atoms with Crippen molar-refractivity contribution in [2.45, 2.75) is 19.9 Å².